The number of ether oxygens (including phenoxy) is 2. The van der Waals surface area contributed by atoms with Crippen molar-refractivity contribution in [3.8, 4) is 11.5 Å². The molecular formula is C20H22ClFO3. The van der Waals surface area contributed by atoms with Crippen LogP contribution in [0, 0.1) is 5.82 Å². The van der Waals surface area contributed by atoms with Crippen LogP contribution in [0.25, 0.3) is 0 Å². The van der Waals surface area contributed by atoms with Gasteiger partial charge in [0, 0.05) is 12.5 Å². The molecule has 0 heterocycles. The van der Waals surface area contributed by atoms with E-state index in [1.54, 1.807) is 25.1 Å². The molecule has 0 fully saturated rings. The molecule has 0 spiro atoms. The maximum Gasteiger partial charge on any atom is 0.310 e. The summed E-state index contributed by atoms with van der Waals surface area (Å²) in [5, 5.41) is 0.435. The van der Waals surface area contributed by atoms with Gasteiger partial charge >= 0.3 is 5.97 Å². The predicted octanol–water partition coefficient (Wildman–Crippen LogP) is 5.50. The lowest BCUT2D eigenvalue weighted by atomic mass is 10.1. The molecule has 2 aromatic rings. The largest absolute Gasteiger partial charge is 0.488 e. The van der Waals surface area contributed by atoms with E-state index in [1.165, 1.54) is 6.07 Å². The quantitative estimate of drug-likeness (QED) is 0.480. The van der Waals surface area contributed by atoms with Crippen molar-refractivity contribution < 1.29 is 18.7 Å². The maximum absolute atomic E-state index is 14.1. The monoisotopic (exact) mass is 364 g/mol. The number of halogens is 2. The van der Waals surface area contributed by atoms with Crippen molar-refractivity contribution in [2.45, 2.75) is 46.6 Å². The van der Waals surface area contributed by atoms with E-state index >= 15 is 0 Å². The SMILES string of the molecule is CCC(=O)Oc1cccc(Cl)c1COc1cc(F)c(CC)cc1CC. The Hall–Kier alpha value is -2.07. The summed E-state index contributed by atoms with van der Waals surface area (Å²) in [6.07, 6.45) is 1.61. The Morgan fingerprint density at radius 1 is 1.08 bits per heavy atom. The van der Waals surface area contributed by atoms with Gasteiger partial charge in [0.1, 0.15) is 23.9 Å². The highest BCUT2D eigenvalue weighted by Crippen LogP contribution is 2.30. The summed E-state index contributed by atoms with van der Waals surface area (Å²) in [6.45, 7) is 5.71. The molecule has 0 aliphatic carbocycles. The van der Waals surface area contributed by atoms with Crippen molar-refractivity contribution in [3.63, 3.8) is 0 Å². The summed E-state index contributed by atoms with van der Waals surface area (Å²) in [6, 6.07) is 8.31. The highest BCUT2D eigenvalue weighted by molar-refractivity contribution is 6.31. The van der Waals surface area contributed by atoms with Crippen LogP contribution in [0.3, 0.4) is 0 Å². The molecule has 0 aromatic heterocycles. The van der Waals surface area contributed by atoms with Gasteiger partial charge in [-0.1, -0.05) is 38.4 Å². The number of benzene rings is 2. The van der Waals surface area contributed by atoms with Gasteiger partial charge in [-0.2, -0.15) is 0 Å². The van der Waals surface area contributed by atoms with E-state index in [2.05, 4.69) is 0 Å². The lowest BCUT2D eigenvalue weighted by molar-refractivity contribution is -0.134. The summed E-state index contributed by atoms with van der Waals surface area (Å²) >= 11 is 6.23. The second-order valence-electron chi connectivity index (χ2n) is 5.59. The summed E-state index contributed by atoms with van der Waals surface area (Å²) in [5.41, 5.74) is 2.16. The molecule has 0 radical (unpaired) electrons. The van der Waals surface area contributed by atoms with Gasteiger partial charge in [-0.05, 0) is 42.2 Å². The Morgan fingerprint density at radius 3 is 2.44 bits per heavy atom. The molecule has 25 heavy (non-hydrogen) atoms. The lowest BCUT2D eigenvalue weighted by Crippen LogP contribution is -2.09. The molecule has 0 N–H and O–H groups in total. The molecule has 2 rings (SSSR count). The Balaban J connectivity index is 2.27. The van der Waals surface area contributed by atoms with Crippen molar-refractivity contribution in [2.75, 3.05) is 0 Å². The molecule has 0 atom stereocenters. The first-order valence-corrected chi connectivity index (χ1v) is 8.80. The Bertz CT molecular complexity index is 759. The number of hydrogen-bond acceptors (Lipinski definition) is 3. The van der Waals surface area contributed by atoms with Crippen LogP contribution >= 0.6 is 11.6 Å². The smallest absolute Gasteiger partial charge is 0.310 e. The van der Waals surface area contributed by atoms with Crippen molar-refractivity contribution in [1.82, 2.24) is 0 Å². The highest BCUT2D eigenvalue weighted by Gasteiger charge is 2.14. The lowest BCUT2D eigenvalue weighted by Gasteiger charge is -2.15. The summed E-state index contributed by atoms with van der Waals surface area (Å²) in [5.74, 6) is 0.204. The molecule has 0 saturated heterocycles. The zero-order chi connectivity index (χ0) is 18.4. The first-order chi connectivity index (χ1) is 12.0. The molecule has 2 aromatic carbocycles. The fourth-order valence-corrected chi connectivity index (χ4v) is 2.67. The normalized spacial score (nSPS) is 10.6. The molecular weight excluding hydrogens is 343 g/mol. The van der Waals surface area contributed by atoms with E-state index in [1.807, 2.05) is 19.9 Å². The van der Waals surface area contributed by atoms with Crippen LogP contribution < -0.4 is 9.47 Å². The number of aryl methyl sites for hydroxylation is 2. The second kappa shape index (κ2) is 8.86. The van der Waals surface area contributed by atoms with Gasteiger partial charge in [0.05, 0.1) is 10.6 Å². The van der Waals surface area contributed by atoms with Crippen LogP contribution in [0.1, 0.15) is 43.9 Å². The minimum Gasteiger partial charge on any atom is -0.488 e. The first-order valence-electron chi connectivity index (χ1n) is 8.42. The third-order valence-electron chi connectivity index (χ3n) is 3.95. The number of rotatable bonds is 7. The average molecular weight is 365 g/mol. The van der Waals surface area contributed by atoms with Crippen LogP contribution in [0.5, 0.6) is 11.5 Å². The molecule has 0 bridgehead atoms. The highest BCUT2D eigenvalue weighted by atomic mass is 35.5. The zero-order valence-electron chi connectivity index (χ0n) is 14.7. The van der Waals surface area contributed by atoms with Gasteiger partial charge in [-0.3, -0.25) is 4.79 Å². The third-order valence-corrected chi connectivity index (χ3v) is 4.31. The van der Waals surface area contributed by atoms with E-state index in [4.69, 9.17) is 21.1 Å². The van der Waals surface area contributed by atoms with Gasteiger partial charge in [0.25, 0.3) is 0 Å². The maximum atomic E-state index is 14.1. The second-order valence-corrected chi connectivity index (χ2v) is 6.00. The van der Waals surface area contributed by atoms with Gasteiger partial charge in [0.2, 0.25) is 0 Å². The number of hydrogen-bond donors (Lipinski definition) is 0. The minimum atomic E-state index is -0.351. The summed E-state index contributed by atoms with van der Waals surface area (Å²) in [7, 11) is 0. The van der Waals surface area contributed by atoms with Gasteiger partial charge in [-0.15, -0.1) is 0 Å². The molecule has 134 valence electrons. The number of carbonyl (C=O) groups excluding carboxylic acids is 1. The van der Waals surface area contributed by atoms with Gasteiger partial charge < -0.3 is 9.47 Å². The molecule has 5 heteroatoms. The predicted molar refractivity (Wildman–Crippen MR) is 96.9 cm³/mol. The fourth-order valence-electron chi connectivity index (χ4n) is 2.45. The average Bonchev–Trinajstić information content (AvgIpc) is 2.61. The molecule has 0 saturated carbocycles. The molecule has 3 nitrogen and oxygen atoms in total. The molecule has 0 aliphatic heterocycles. The summed E-state index contributed by atoms with van der Waals surface area (Å²) < 4.78 is 25.2. The number of esters is 1. The summed E-state index contributed by atoms with van der Waals surface area (Å²) in [4.78, 5) is 11.6. The van der Waals surface area contributed by atoms with Crippen LogP contribution in [0.15, 0.2) is 30.3 Å². The van der Waals surface area contributed by atoms with Gasteiger partial charge in [0.15, 0.2) is 0 Å². The molecule has 0 unspecified atom stereocenters. The fraction of sp³-hybridized carbons (Fsp3) is 0.350. The first kappa shape index (κ1) is 19.3. The van der Waals surface area contributed by atoms with E-state index in [9.17, 15) is 9.18 Å². The Kier molecular flexibility index (Phi) is 6.82. The van der Waals surface area contributed by atoms with Crippen LogP contribution in [-0.2, 0) is 24.2 Å². The van der Waals surface area contributed by atoms with E-state index < -0.39 is 0 Å². The van der Waals surface area contributed by atoms with Crippen LogP contribution in [0.2, 0.25) is 5.02 Å². The molecule has 0 aliphatic rings. The van der Waals surface area contributed by atoms with Gasteiger partial charge in [-0.25, -0.2) is 4.39 Å². The van der Waals surface area contributed by atoms with E-state index in [0.29, 0.717) is 34.1 Å². The van der Waals surface area contributed by atoms with Crippen LogP contribution in [-0.4, -0.2) is 5.97 Å². The van der Waals surface area contributed by atoms with Crippen molar-refractivity contribution in [3.05, 3.63) is 57.9 Å². The Morgan fingerprint density at radius 2 is 1.80 bits per heavy atom. The minimum absolute atomic E-state index is 0.0872. The van der Waals surface area contributed by atoms with Crippen LogP contribution in [0.4, 0.5) is 4.39 Å². The third kappa shape index (κ3) is 4.73. The van der Waals surface area contributed by atoms with Crippen molar-refractivity contribution in [1.29, 1.82) is 0 Å². The molecule has 0 amide bonds. The van der Waals surface area contributed by atoms with Crippen molar-refractivity contribution >= 4 is 17.6 Å². The van der Waals surface area contributed by atoms with Crippen molar-refractivity contribution in [2.24, 2.45) is 0 Å². The van der Waals surface area contributed by atoms with E-state index in [-0.39, 0.29) is 24.8 Å². The van der Waals surface area contributed by atoms with E-state index in [0.717, 1.165) is 12.0 Å². The Labute approximate surface area is 152 Å². The number of carbonyl (C=O) groups is 1. The topological polar surface area (TPSA) is 35.5 Å². The standard InChI is InChI=1S/C20H22ClFO3/c1-4-13-10-14(5-2)19(11-17(13)22)24-12-15-16(21)8-7-9-18(15)25-20(23)6-3/h7-11H,4-6,12H2,1-3H3. The zero-order valence-corrected chi connectivity index (χ0v) is 15.5.